The molecule has 1 heterocycles. The Hall–Kier alpha value is -1.93. The molecule has 0 bridgehead atoms. The molecule has 0 aliphatic carbocycles. The Morgan fingerprint density at radius 1 is 1.54 bits per heavy atom. The summed E-state index contributed by atoms with van der Waals surface area (Å²) in [5.74, 6) is -0.232. The third kappa shape index (κ3) is 5.04. The molecule has 1 aliphatic rings. The lowest BCUT2D eigenvalue weighted by atomic mass is 9.96. The molecule has 1 amide bonds. The van der Waals surface area contributed by atoms with Crippen molar-refractivity contribution in [1.82, 2.24) is 10.2 Å². The third-order valence-corrected chi connectivity index (χ3v) is 4.56. The SMILES string of the molecule is CCC[C@@H](C)NC(=O)[C@H]1CCCN(Cc2cc(C#N)ccc2F)C1. The van der Waals surface area contributed by atoms with Crippen LogP contribution in [0.4, 0.5) is 4.39 Å². The molecule has 1 N–H and O–H groups in total. The van der Waals surface area contributed by atoms with E-state index >= 15 is 0 Å². The van der Waals surface area contributed by atoms with Gasteiger partial charge in [-0.25, -0.2) is 4.39 Å². The number of nitrogens with one attached hydrogen (secondary N) is 1. The van der Waals surface area contributed by atoms with Crippen molar-refractivity contribution in [2.24, 2.45) is 5.92 Å². The van der Waals surface area contributed by atoms with Crippen molar-refractivity contribution in [2.75, 3.05) is 13.1 Å². The zero-order valence-electron chi connectivity index (χ0n) is 14.5. The largest absolute Gasteiger partial charge is 0.353 e. The highest BCUT2D eigenvalue weighted by Crippen LogP contribution is 2.21. The van der Waals surface area contributed by atoms with E-state index in [-0.39, 0.29) is 23.7 Å². The Balaban J connectivity index is 1.96. The molecule has 0 radical (unpaired) electrons. The van der Waals surface area contributed by atoms with E-state index in [0.29, 0.717) is 24.2 Å². The first-order chi connectivity index (χ1) is 11.5. The van der Waals surface area contributed by atoms with E-state index in [9.17, 15) is 9.18 Å². The highest BCUT2D eigenvalue weighted by atomic mass is 19.1. The molecule has 0 spiro atoms. The molecule has 1 fully saturated rings. The molecule has 1 aromatic rings. The maximum atomic E-state index is 14.0. The van der Waals surface area contributed by atoms with Crippen LogP contribution in [0.5, 0.6) is 0 Å². The average molecular weight is 331 g/mol. The van der Waals surface area contributed by atoms with Crippen LogP contribution in [0, 0.1) is 23.1 Å². The molecule has 4 nitrogen and oxygen atoms in total. The molecule has 2 rings (SSSR count). The van der Waals surface area contributed by atoms with Crippen molar-refractivity contribution in [1.29, 1.82) is 5.26 Å². The summed E-state index contributed by atoms with van der Waals surface area (Å²) in [5.41, 5.74) is 0.987. The van der Waals surface area contributed by atoms with Gasteiger partial charge < -0.3 is 5.32 Å². The molecular formula is C19H26FN3O. The van der Waals surface area contributed by atoms with Gasteiger partial charge in [-0.2, -0.15) is 5.26 Å². The lowest BCUT2D eigenvalue weighted by molar-refractivity contribution is -0.127. The highest BCUT2D eigenvalue weighted by Gasteiger charge is 2.26. The van der Waals surface area contributed by atoms with Gasteiger partial charge in [-0.15, -0.1) is 0 Å². The van der Waals surface area contributed by atoms with Gasteiger partial charge in [0.25, 0.3) is 0 Å². The number of rotatable bonds is 6. The lowest BCUT2D eigenvalue weighted by Gasteiger charge is -2.32. The maximum absolute atomic E-state index is 14.0. The number of benzene rings is 1. The van der Waals surface area contributed by atoms with Gasteiger partial charge >= 0.3 is 0 Å². The summed E-state index contributed by atoms with van der Waals surface area (Å²) in [7, 11) is 0. The highest BCUT2D eigenvalue weighted by molar-refractivity contribution is 5.79. The van der Waals surface area contributed by atoms with Crippen LogP contribution >= 0.6 is 0 Å². The molecule has 0 saturated carbocycles. The maximum Gasteiger partial charge on any atom is 0.224 e. The van der Waals surface area contributed by atoms with E-state index in [1.807, 2.05) is 13.0 Å². The van der Waals surface area contributed by atoms with Gasteiger partial charge in [-0.05, 0) is 50.9 Å². The normalized spacial score (nSPS) is 19.5. The average Bonchev–Trinajstić information content (AvgIpc) is 2.57. The van der Waals surface area contributed by atoms with E-state index in [2.05, 4.69) is 17.1 Å². The van der Waals surface area contributed by atoms with Crippen molar-refractivity contribution in [3.8, 4) is 6.07 Å². The lowest BCUT2D eigenvalue weighted by Crippen LogP contribution is -2.45. The molecule has 5 heteroatoms. The molecule has 0 unspecified atom stereocenters. The van der Waals surface area contributed by atoms with E-state index in [0.717, 1.165) is 32.2 Å². The zero-order chi connectivity index (χ0) is 17.5. The second-order valence-electron chi connectivity index (χ2n) is 6.69. The van der Waals surface area contributed by atoms with Crippen molar-refractivity contribution in [3.05, 3.63) is 35.1 Å². The standard InChI is InChI=1S/C19H26FN3O/c1-3-5-14(2)22-19(24)16-6-4-9-23(12-16)13-17-10-15(11-21)7-8-18(17)20/h7-8,10,14,16H,3-6,9,12-13H2,1-2H3,(H,22,24)/t14-,16+/m1/s1. The van der Waals surface area contributed by atoms with Crippen LogP contribution in [0.3, 0.4) is 0 Å². The predicted molar refractivity (Wildman–Crippen MR) is 91.6 cm³/mol. The predicted octanol–water partition coefficient (Wildman–Crippen LogP) is 3.21. The van der Waals surface area contributed by atoms with Gasteiger partial charge in [0.1, 0.15) is 5.82 Å². The monoisotopic (exact) mass is 331 g/mol. The van der Waals surface area contributed by atoms with Gasteiger partial charge in [-0.1, -0.05) is 13.3 Å². The number of hydrogen-bond donors (Lipinski definition) is 1. The van der Waals surface area contributed by atoms with E-state index in [1.165, 1.54) is 12.1 Å². The number of carbonyl (C=O) groups is 1. The summed E-state index contributed by atoms with van der Waals surface area (Å²) in [6.07, 6.45) is 3.84. The second kappa shape index (κ2) is 8.79. The van der Waals surface area contributed by atoms with Crippen molar-refractivity contribution < 1.29 is 9.18 Å². The Morgan fingerprint density at radius 2 is 2.33 bits per heavy atom. The Bertz CT molecular complexity index is 611. The third-order valence-electron chi connectivity index (χ3n) is 4.56. The van der Waals surface area contributed by atoms with E-state index in [1.54, 1.807) is 6.07 Å². The van der Waals surface area contributed by atoms with Crippen molar-refractivity contribution >= 4 is 5.91 Å². The fourth-order valence-electron chi connectivity index (χ4n) is 3.29. The molecule has 1 aromatic carbocycles. The summed E-state index contributed by atoms with van der Waals surface area (Å²) in [4.78, 5) is 14.5. The first-order valence-corrected chi connectivity index (χ1v) is 8.74. The molecule has 130 valence electrons. The topological polar surface area (TPSA) is 56.1 Å². The molecule has 1 saturated heterocycles. The van der Waals surface area contributed by atoms with Gasteiger partial charge in [0.2, 0.25) is 5.91 Å². The number of nitriles is 1. The first-order valence-electron chi connectivity index (χ1n) is 8.74. The van der Waals surface area contributed by atoms with Crippen LogP contribution in [0.2, 0.25) is 0 Å². The zero-order valence-corrected chi connectivity index (χ0v) is 14.5. The first kappa shape index (κ1) is 18.4. The number of amides is 1. The van der Waals surface area contributed by atoms with Crippen LogP contribution in [0.15, 0.2) is 18.2 Å². The number of likely N-dealkylation sites (tertiary alicyclic amines) is 1. The smallest absolute Gasteiger partial charge is 0.224 e. The van der Waals surface area contributed by atoms with Crippen molar-refractivity contribution in [2.45, 2.75) is 52.1 Å². The quantitative estimate of drug-likeness (QED) is 0.871. The molecular weight excluding hydrogens is 305 g/mol. The summed E-state index contributed by atoms with van der Waals surface area (Å²) in [6, 6.07) is 6.67. The summed E-state index contributed by atoms with van der Waals surface area (Å²) >= 11 is 0. The minimum Gasteiger partial charge on any atom is -0.353 e. The number of halogens is 1. The van der Waals surface area contributed by atoms with Crippen LogP contribution in [-0.2, 0) is 11.3 Å². The fourth-order valence-corrected chi connectivity index (χ4v) is 3.29. The van der Waals surface area contributed by atoms with Crippen LogP contribution in [0.1, 0.15) is 50.7 Å². The molecule has 2 atom stereocenters. The number of hydrogen-bond acceptors (Lipinski definition) is 3. The fraction of sp³-hybridized carbons (Fsp3) is 0.579. The minimum atomic E-state index is -0.294. The Kier molecular flexibility index (Phi) is 6.74. The number of nitrogens with zero attached hydrogens (tertiary/aromatic N) is 2. The van der Waals surface area contributed by atoms with Crippen LogP contribution in [-0.4, -0.2) is 29.9 Å². The second-order valence-corrected chi connectivity index (χ2v) is 6.69. The number of carbonyl (C=O) groups excluding carboxylic acids is 1. The summed E-state index contributed by atoms with van der Waals surface area (Å²) in [5, 5.41) is 12.0. The van der Waals surface area contributed by atoms with Gasteiger partial charge in [0.05, 0.1) is 17.6 Å². The van der Waals surface area contributed by atoms with Crippen molar-refractivity contribution in [3.63, 3.8) is 0 Å². The van der Waals surface area contributed by atoms with Gasteiger partial charge in [-0.3, -0.25) is 9.69 Å². The summed E-state index contributed by atoms with van der Waals surface area (Å²) < 4.78 is 14.0. The van der Waals surface area contributed by atoms with Crippen LogP contribution < -0.4 is 5.32 Å². The Labute approximate surface area is 143 Å². The molecule has 24 heavy (non-hydrogen) atoms. The van der Waals surface area contributed by atoms with Crippen LogP contribution in [0.25, 0.3) is 0 Å². The minimum absolute atomic E-state index is 0.0414. The van der Waals surface area contributed by atoms with Gasteiger partial charge in [0.15, 0.2) is 0 Å². The van der Waals surface area contributed by atoms with Gasteiger partial charge in [0, 0.05) is 24.7 Å². The summed E-state index contributed by atoms with van der Waals surface area (Å²) in [6.45, 7) is 6.07. The Morgan fingerprint density at radius 3 is 3.04 bits per heavy atom. The van der Waals surface area contributed by atoms with E-state index < -0.39 is 0 Å². The molecule has 0 aromatic heterocycles. The molecule has 1 aliphatic heterocycles. The number of piperidine rings is 1. The van der Waals surface area contributed by atoms with E-state index in [4.69, 9.17) is 5.26 Å².